The van der Waals surface area contributed by atoms with Gasteiger partial charge >= 0.3 is 0 Å². The normalized spacial score (nSPS) is 18.1. The molecule has 112 valence electrons. The summed E-state index contributed by atoms with van der Waals surface area (Å²) in [7, 11) is 0. The van der Waals surface area contributed by atoms with Gasteiger partial charge in [0.25, 0.3) is 0 Å². The Bertz CT molecular complexity index is 402. The second-order valence-electron chi connectivity index (χ2n) is 5.12. The summed E-state index contributed by atoms with van der Waals surface area (Å²) in [5.41, 5.74) is 0.124. The number of benzene rings is 1. The molecular formula is C15H22F2N2O. The zero-order valence-electron chi connectivity index (χ0n) is 11.9. The molecule has 0 amide bonds. The minimum atomic E-state index is -0.488. The van der Waals surface area contributed by atoms with Crippen LogP contribution in [0.4, 0.5) is 8.78 Å². The lowest BCUT2D eigenvalue weighted by Gasteiger charge is -2.26. The first-order valence-corrected chi connectivity index (χ1v) is 7.16. The van der Waals surface area contributed by atoms with Gasteiger partial charge in [0.1, 0.15) is 11.6 Å². The Morgan fingerprint density at radius 2 is 1.90 bits per heavy atom. The summed E-state index contributed by atoms with van der Waals surface area (Å²) in [5, 5.41) is 3.18. The number of halogens is 2. The largest absolute Gasteiger partial charge is 0.379 e. The van der Waals surface area contributed by atoms with E-state index in [2.05, 4.69) is 10.2 Å². The highest BCUT2D eigenvalue weighted by molar-refractivity contribution is 5.22. The second-order valence-corrected chi connectivity index (χ2v) is 5.12. The Labute approximate surface area is 118 Å². The molecule has 1 aromatic carbocycles. The summed E-state index contributed by atoms with van der Waals surface area (Å²) in [6, 6.07) is 3.66. The first kappa shape index (κ1) is 15.4. The fourth-order valence-corrected chi connectivity index (χ4v) is 2.47. The first-order valence-electron chi connectivity index (χ1n) is 7.16. The number of hydrogen-bond acceptors (Lipinski definition) is 3. The third-order valence-electron chi connectivity index (χ3n) is 3.64. The number of morpholine rings is 1. The molecule has 1 unspecified atom stereocenters. The van der Waals surface area contributed by atoms with Crippen molar-refractivity contribution in [2.75, 3.05) is 39.4 Å². The molecule has 1 aromatic rings. The highest BCUT2D eigenvalue weighted by atomic mass is 19.1. The Hall–Kier alpha value is -1.04. The molecule has 1 aliphatic heterocycles. The van der Waals surface area contributed by atoms with Crippen molar-refractivity contribution < 1.29 is 13.5 Å². The molecule has 1 aliphatic rings. The van der Waals surface area contributed by atoms with Crippen molar-refractivity contribution in [3.8, 4) is 0 Å². The van der Waals surface area contributed by atoms with Gasteiger partial charge in [-0.15, -0.1) is 0 Å². The van der Waals surface area contributed by atoms with E-state index in [-0.39, 0.29) is 11.6 Å². The molecule has 1 N–H and O–H groups in total. The van der Waals surface area contributed by atoms with Gasteiger partial charge in [-0.25, -0.2) is 8.78 Å². The van der Waals surface area contributed by atoms with Gasteiger partial charge < -0.3 is 10.1 Å². The van der Waals surface area contributed by atoms with Crippen LogP contribution in [0.2, 0.25) is 0 Å². The van der Waals surface area contributed by atoms with Gasteiger partial charge in [0.2, 0.25) is 0 Å². The van der Waals surface area contributed by atoms with E-state index < -0.39 is 11.6 Å². The van der Waals surface area contributed by atoms with Gasteiger partial charge in [-0.05, 0) is 38.6 Å². The first-order chi connectivity index (χ1) is 9.68. The third-order valence-corrected chi connectivity index (χ3v) is 3.64. The van der Waals surface area contributed by atoms with Crippen LogP contribution in [-0.2, 0) is 4.74 Å². The molecule has 2 rings (SSSR count). The van der Waals surface area contributed by atoms with Crippen LogP contribution in [0.15, 0.2) is 18.2 Å². The highest BCUT2D eigenvalue weighted by Gasteiger charge is 2.15. The van der Waals surface area contributed by atoms with E-state index >= 15 is 0 Å². The van der Waals surface area contributed by atoms with E-state index in [1.165, 1.54) is 18.2 Å². The number of nitrogens with one attached hydrogen (secondary N) is 1. The van der Waals surface area contributed by atoms with Crippen molar-refractivity contribution in [3.05, 3.63) is 35.4 Å². The van der Waals surface area contributed by atoms with Gasteiger partial charge in [-0.3, -0.25) is 4.90 Å². The van der Waals surface area contributed by atoms with Crippen molar-refractivity contribution in [3.63, 3.8) is 0 Å². The SMILES string of the molecule is CC(NCCCN1CCOCC1)c1c(F)cccc1F. The molecule has 1 fully saturated rings. The Balaban J connectivity index is 1.73. The number of ether oxygens (including phenoxy) is 1. The number of hydrogen-bond donors (Lipinski definition) is 1. The minimum absolute atomic E-state index is 0.124. The third kappa shape index (κ3) is 4.23. The summed E-state index contributed by atoms with van der Waals surface area (Å²) >= 11 is 0. The van der Waals surface area contributed by atoms with Crippen molar-refractivity contribution in [2.24, 2.45) is 0 Å². The average Bonchev–Trinajstić information content (AvgIpc) is 2.44. The molecule has 0 aliphatic carbocycles. The van der Waals surface area contributed by atoms with Crippen LogP contribution in [-0.4, -0.2) is 44.3 Å². The van der Waals surface area contributed by atoms with Crippen LogP contribution in [0.1, 0.15) is 24.9 Å². The summed E-state index contributed by atoms with van der Waals surface area (Å²) in [4.78, 5) is 2.35. The van der Waals surface area contributed by atoms with Gasteiger partial charge in [0.05, 0.1) is 13.2 Å². The van der Waals surface area contributed by atoms with Gasteiger partial charge in [-0.1, -0.05) is 6.07 Å². The Kier molecular flexibility index (Phi) is 5.88. The lowest BCUT2D eigenvalue weighted by molar-refractivity contribution is 0.0374. The summed E-state index contributed by atoms with van der Waals surface area (Å²) in [6.07, 6.45) is 0.959. The fraction of sp³-hybridized carbons (Fsp3) is 0.600. The summed E-state index contributed by atoms with van der Waals surface area (Å²) in [6.45, 7) is 7.05. The van der Waals surface area contributed by atoms with Crippen LogP contribution in [0.3, 0.4) is 0 Å². The molecule has 1 heterocycles. The maximum atomic E-state index is 13.6. The van der Waals surface area contributed by atoms with Crippen LogP contribution in [0.25, 0.3) is 0 Å². The van der Waals surface area contributed by atoms with E-state index in [0.29, 0.717) is 0 Å². The zero-order valence-corrected chi connectivity index (χ0v) is 11.9. The zero-order chi connectivity index (χ0) is 14.4. The predicted molar refractivity (Wildman–Crippen MR) is 74.7 cm³/mol. The quantitative estimate of drug-likeness (QED) is 0.812. The lowest BCUT2D eigenvalue weighted by atomic mass is 10.1. The fourth-order valence-electron chi connectivity index (χ4n) is 2.47. The summed E-state index contributed by atoms with van der Waals surface area (Å²) in [5.74, 6) is -0.976. The van der Waals surface area contributed by atoms with Crippen LogP contribution in [0.5, 0.6) is 0 Å². The molecule has 1 saturated heterocycles. The molecule has 0 spiro atoms. The molecule has 0 radical (unpaired) electrons. The second kappa shape index (κ2) is 7.67. The molecule has 0 bridgehead atoms. The molecule has 3 nitrogen and oxygen atoms in total. The molecule has 0 saturated carbocycles. The molecule has 1 atom stereocenters. The highest BCUT2D eigenvalue weighted by Crippen LogP contribution is 2.19. The Morgan fingerprint density at radius 1 is 1.25 bits per heavy atom. The van der Waals surface area contributed by atoms with E-state index in [0.717, 1.165) is 45.8 Å². The number of rotatable bonds is 6. The van der Waals surface area contributed by atoms with Crippen LogP contribution < -0.4 is 5.32 Å². The predicted octanol–water partition coefficient (Wildman–Crippen LogP) is 2.34. The maximum absolute atomic E-state index is 13.6. The molecule has 0 aromatic heterocycles. The molecule has 20 heavy (non-hydrogen) atoms. The topological polar surface area (TPSA) is 24.5 Å². The smallest absolute Gasteiger partial charge is 0.130 e. The molecule has 5 heteroatoms. The molecular weight excluding hydrogens is 262 g/mol. The van der Waals surface area contributed by atoms with Gasteiger partial charge in [-0.2, -0.15) is 0 Å². The standard InChI is InChI=1S/C15H22F2N2O/c1-12(15-13(16)4-2-5-14(15)17)18-6-3-7-19-8-10-20-11-9-19/h2,4-5,12,18H,3,6-11H2,1H3. The lowest BCUT2D eigenvalue weighted by Crippen LogP contribution is -2.37. The van der Waals surface area contributed by atoms with Crippen molar-refractivity contribution >= 4 is 0 Å². The van der Waals surface area contributed by atoms with Gasteiger partial charge in [0, 0.05) is 24.7 Å². The van der Waals surface area contributed by atoms with E-state index in [4.69, 9.17) is 4.74 Å². The Morgan fingerprint density at radius 3 is 2.55 bits per heavy atom. The monoisotopic (exact) mass is 284 g/mol. The van der Waals surface area contributed by atoms with Crippen LogP contribution in [0, 0.1) is 11.6 Å². The van der Waals surface area contributed by atoms with E-state index in [1.54, 1.807) is 6.92 Å². The van der Waals surface area contributed by atoms with E-state index in [1.807, 2.05) is 0 Å². The minimum Gasteiger partial charge on any atom is -0.379 e. The van der Waals surface area contributed by atoms with Crippen LogP contribution >= 0.6 is 0 Å². The van der Waals surface area contributed by atoms with Crippen molar-refractivity contribution in [1.82, 2.24) is 10.2 Å². The van der Waals surface area contributed by atoms with Crippen molar-refractivity contribution in [1.29, 1.82) is 0 Å². The summed E-state index contributed by atoms with van der Waals surface area (Å²) < 4.78 is 32.5. The number of nitrogens with zero attached hydrogens (tertiary/aromatic N) is 1. The van der Waals surface area contributed by atoms with Crippen molar-refractivity contribution in [2.45, 2.75) is 19.4 Å². The van der Waals surface area contributed by atoms with Gasteiger partial charge in [0.15, 0.2) is 0 Å². The maximum Gasteiger partial charge on any atom is 0.130 e. The average molecular weight is 284 g/mol. The van der Waals surface area contributed by atoms with E-state index in [9.17, 15) is 8.78 Å².